The first kappa shape index (κ1) is 10.9. The highest BCUT2D eigenvalue weighted by molar-refractivity contribution is 7.99. The molecule has 1 aromatic rings. The Morgan fingerprint density at radius 2 is 2.23 bits per heavy atom. The smallest absolute Gasteiger partial charge is 0.0462 e. The summed E-state index contributed by atoms with van der Waals surface area (Å²) in [5.74, 6) is 1.14. The van der Waals surface area contributed by atoms with Crippen molar-refractivity contribution in [2.45, 2.75) is 24.8 Å². The molecular formula is C10H14ClNS. The molecule has 3 heteroatoms. The van der Waals surface area contributed by atoms with Crippen LogP contribution in [0.25, 0.3) is 0 Å². The van der Waals surface area contributed by atoms with Crippen LogP contribution in [-0.2, 0) is 6.54 Å². The Morgan fingerprint density at radius 1 is 1.46 bits per heavy atom. The molecule has 1 aromatic carbocycles. The van der Waals surface area contributed by atoms with Crippen molar-refractivity contribution in [2.24, 2.45) is 5.73 Å². The van der Waals surface area contributed by atoms with Gasteiger partial charge < -0.3 is 5.73 Å². The second-order valence-corrected chi connectivity index (χ2v) is 4.38. The first-order valence-corrected chi connectivity index (χ1v) is 5.75. The average molecular weight is 216 g/mol. The molecule has 1 nitrogen and oxygen atoms in total. The van der Waals surface area contributed by atoms with E-state index in [0.717, 1.165) is 16.3 Å². The highest BCUT2D eigenvalue weighted by Gasteiger charge is 1.99. The lowest BCUT2D eigenvalue weighted by molar-refractivity contribution is 1.06. The van der Waals surface area contributed by atoms with Gasteiger partial charge in [0, 0.05) is 16.5 Å². The van der Waals surface area contributed by atoms with E-state index in [1.54, 1.807) is 0 Å². The molecule has 0 unspecified atom stereocenters. The third kappa shape index (κ3) is 3.22. The van der Waals surface area contributed by atoms with Crippen LogP contribution in [0.3, 0.4) is 0 Å². The lowest BCUT2D eigenvalue weighted by Gasteiger charge is -2.04. The molecule has 72 valence electrons. The van der Waals surface area contributed by atoms with E-state index in [0.29, 0.717) is 6.54 Å². The van der Waals surface area contributed by atoms with Gasteiger partial charge in [-0.25, -0.2) is 0 Å². The molecule has 0 bridgehead atoms. The Kier molecular flexibility index (Phi) is 4.64. The van der Waals surface area contributed by atoms with Gasteiger partial charge in [0.2, 0.25) is 0 Å². The molecule has 0 amide bonds. The number of nitrogens with two attached hydrogens (primary N) is 1. The lowest BCUT2D eigenvalue weighted by atomic mass is 10.2. The van der Waals surface area contributed by atoms with Crippen molar-refractivity contribution in [3.8, 4) is 0 Å². The van der Waals surface area contributed by atoms with Gasteiger partial charge in [-0.3, -0.25) is 0 Å². The van der Waals surface area contributed by atoms with Gasteiger partial charge in [0.1, 0.15) is 0 Å². The molecule has 13 heavy (non-hydrogen) atoms. The molecule has 2 N–H and O–H groups in total. The van der Waals surface area contributed by atoms with E-state index < -0.39 is 0 Å². The van der Waals surface area contributed by atoms with Gasteiger partial charge in [-0.05, 0) is 29.9 Å². The van der Waals surface area contributed by atoms with Crippen molar-refractivity contribution in [1.82, 2.24) is 0 Å². The number of rotatable bonds is 4. The Hall–Kier alpha value is -0.180. The maximum atomic E-state index is 6.02. The van der Waals surface area contributed by atoms with Crippen LogP contribution in [0.4, 0.5) is 0 Å². The summed E-state index contributed by atoms with van der Waals surface area (Å²) in [5, 5.41) is 0.781. The number of benzene rings is 1. The van der Waals surface area contributed by atoms with Gasteiger partial charge in [0.25, 0.3) is 0 Å². The summed E-state index contributed by atoms with van der Waals surface area (Å²) < 4.78 is 0. The van der Waals surface area contributed by atoms with E-state index in [-0.39, 0.29) is 0 Å². The minimum atomic E-state index is 0.511. The van der Waals surface area contributed by atoms with Crippen LogP contribution in [0.5, 0.6) is 0 Å². The molecular weight excluding hydrogens is 202 g/mol. The van der Waals surface area contributed by atoms with E-state index in [1.807, 2.05) is 23.9 Å². The maximum Gasteiger partial charge on any atom is 0.0462 e. The van der Waals surface area contributed by atoms with Gasteiger partial charge in [0.05, 0.1) is 0 Å². The van der Waals surface area contributed by atoms with Crippen molar-refractivity contribution in [3.63, 3.8) is 0 Å². The monoisotopic (exact) mass is 215 g/mol. The van der Waals surface area contributed by atoms with Crippen LogP contribution in [0.15, 0.2) is 23.1 Å². The molecule has 0 saturated carbocycles. The summed E-state index contributed by atoms with van der Waals surface area (Å²) in [6, 6.07) is 6.07. The Labute approximate surface area is 88.7 Å². The molecule has 0 spiro atoms. The lowest BCUT2D eigenvalue weighted by Crippen LogP contribution is -1.96. The average Bonchev–Trinajstić information content (AvgIpc) is 2.15. The minimum Gasteiger partial charge on any atom is -0.326 e. The summed E-state index contributed by atoms with van der Waals surface area (Å²) in [7, 11) is 0. The molecule has 0 atom stereocenters. The largest absolute Gasteiger partial charge is 0.326 e. The first-order chi connectivity index (χ1) is 6.27. The van der Waals surface area contributed by atoms with Crippen LogP contribution in [0.2, 0.25) is 5.02 Å². The van der Waals surface area contributed by atoms with E-state index >= 15 is 0 Å². The number of hydrogen-bond acceptors (Lipinski definition) is 2. The van der Waals surface area contributed by atoms with Crippen molar-refractivity contribution in [2.75, 3.05) is 5.75 Å². The quantitative estimate of drug-likeness (QED) is 0.780. The third-order valence-electron chi connectivity index (χ3n) is 1.72. The van der Waals surface area contributed by atoms with Crippen molar-refractivity contribution < 1.29 is 0 Å². The summed E-state index contributed by atoms with van der Waals surface area (Å²) >= 11 is 7.84. The normalized spacial score (nSPS) is 10.4. The zero-order valence-corrected chi connectivity index (χ0v) is 9.29. The standard InChI is InChI=1S/C10H14ClNS/c1-2-5-13-9-4-3-8(7-12)10(11)6-9/h3-4,6H,2,5,7,12H2,1H3. The van der Waals surface area contributed by atoms with Gasteiger partial charge >= 0.3 is 0 Å². The fraction of sp³-hybridized carbons (Fsp3) is 0.400. The highest BCUT2D eigenvalue weighted by atomic mass is 35.5. The van der Waals surface area contributed by atoms with Crippen LogP contribution >= 0.6 is 23.4 Å². The Balaban J connectivity index is 2.71. The summed E-state index contributed by atoms with van der Waals surface area (Å²) in [6.07, 6.45) is 1.18. The molecule has 0 fully saturated rings. The Bertz CT molecular complexity index is 276. The second kappa shape index (κ2) is 5.53. The summed E-state index contributed by atoms with van der Waals surface area (Å²) in [4.78, 5) is 1.23. The summed E-state index contributed by atoms with van der Waals surface area (Å²) in [6.45, 7) is 2.68. The van der Waals surface area contributed by atoms with E-state index in [4.69, 9.17) is 17.3 Å². The van der Waals surface area contributed by atoms with Gasteiger partial charge in [-0.15, -0.1) is 11.8 Å². The van der Waals surface area contributed by atoms with Crippen LogP contribution in [0, 0.1) is 0 Å². The van der Waals surface area contributed by atoms with Crippen LogP contribution in [0.1, 0.15) is 18.9 Å². The second-order valence-electron chi connectivity index (χ2n) is 2.81. The zero-order valence-electron chi connectivity index (χ0n) is 7.72. The van der Waals surface area contributed by atoms with Gasteiger partial charge in [-0.1, -0.05) is 24.6 Å². The topological polar surface area (TPSA) is 26.0 Å². The van der Waals surface area contributed by atoms with E-state index in [2.05, 4.69) is 13.0 Å². The van der Waals surface area contributed by atoms with Crippen molar-refractivity contribution in [1.29, 1.82) is 0 Å². The molecule has 0 aliphatic rings. The molecule has 1 rings (SSSR count). The summed E-state index contributed by atoms with van der Waals surface area (Å²) in [5.41, 5.74) is 6.53. The highest BCUT2D eigenvalue weighted by Crippen LogP contribution is 2.24. The fourth-order valence-electron chi connectivity index (χ4n) is 1.00. The molecule has 0 radical (unpaired) electrons. The third-order valence-corrected chi connectivity index (χ3v) is 3.27. The molecule has 0 aromatic heterocycles. The van der Waals surface area contributed by atoms with Crippen LogP contribution in [-0.4, -0.2) is 5.75 Å². The predicted octanol–water partition coefficient (Wildman–Crippen LogP) is 3.30. The molecule has 0 aliphatic carbocycles. The van der Waals surface area contributed by atoms with Crippen LogP contribution < -0.4 is 5.73 Å². The molecule has 0 saturated heterocycles. The number of hydrogen-bond donors (Lipinski definition) is 1. The first-order valence-electron chi connectivity index (χ1n) is 4.39. The SMILES string of the molecule is CCCSc1ccc(CN)c(Cl)c1. The van der Waals surface area contributed by atoms with E-state index in [9.17, 15) is 0 Å². The minimum absolute atomic E-state index is 0.511. The predicted molar refractivity (Wildman–Crippen MR) is 60.4 cm³/mol. The van der Waals surface area contributed by atoms with Crippen molar-refractivity contribution >= 4 is 23.4 Å². The van der Waals surface area contributed by atoms with E-state index in [1.165, 1.54) is 11.3 Å². The Morgan fingerprint density at radius 3 is 2.77 bits per heavy atom. The van der Waals surface area contributed by atoms with Gasteiger partial charge in [-0.2, -0.15) is 0 Å². The van der Waals surface area contributed by atoms with Crippen molar-refractivity contribution in [3.05, 3.63) is 28.8 Å². The fourth-order valence-corrected chi connectivity index (χ4v) is 2.13. The number of thioether (sulfide) groups is 1. The molecule has 0 aliphatic heterocycles. The molecule has 0 heterocycles. The van der Waals surface area contributed by atoms with Gasteiger partial charge in [0.15, 0.2) is 0 Å². The number of halogens is 1. The zero-order chi connectivity index (χ0) is 9.68. The maximum absolute atomic E-state index is 6.02.